The van der Waals surface area contributed by atoms with E-state index < -0.39 is 11.4 Å². The van der Waals surface area contributed by atoms with Gasteiger partial charge >= 0.3 is 5.97 Å². The van der Waals surface area contributed by atoms with Gasteiger partial charge in [-0.15, -0.1) is 0 Å². The molecule has 5 rings (SSSR count). The normalized spacial score (nSPS) is 15.1. The maximum absolute atomic E-state index is 12.2. The van der Waals surface area contributed by atoms with Crippen molar-refractivity contribution in [3.8, 4) is 11.6 Å². The molecule has 2 heterocycles. The molecule has 0 aliphatic carbocycles. The minimum atomic E-state index is -1.04. The molecular weight excluding hydrogens is 478 g/mol. The van der Waals surface area contributed by atoms with Crippen molar-refractivity contribution in [2.45, 2.75) is 18.8 Å². The Hall–Kier alpha value is -4.59. The van der Waals surface area contributed by atoms with Crippen LogP contribution in [0.4, 0.5) is 17.5 Å². The minimum Gasteiger partial charge on any atom is -0.481 e. The lowest BCUT2D eigenvalue weighted by Crippen LogP contribution is -2.46. The van der Waals surface area contributed by atoms with Gasteiger partial charge in [-0.2, -0.15) is 9.97 Å². The summed E-state index contributed by atoms with van der Waals surface area (Å²) in [5, 5.41) is 9.97. The molecule has 38 heavy (non-hydrogen) atoms. The summed E-state index contributed by atoms with van der Waals surface area (Å²) in [7, 11) is 0. The van der Waals surface area contributed by atoms with E-state index in [-0.39, 0.29) is 5.95 Å². The third kappa shape index (κ3) is 5.54. The van der Waals surface area contributed by atoms with Crippen LogP contribution in [-0.2, 0) is 16.6 Å². The maximum Gasteiger partial charge on any atom is 0.314 e. The summed E-state index contributed by atoms with van der Waals surface area (Å²) in [4.78, 5) is 25.4. The first kappa shape index (κ1) is 25.1. The predicted molar refractivity (Wildman–Crippen MR) is 149 cm³/mol. The van der Waals surface area contributed by atoms with Crippen LogP contribution < -0.4 is 20.3 Å². The van der Waals surface area contributed by atoms with Crippen LogP contribution in [0.3, 0.4) is 0 Å². The quantitative estimate of drug-likeness (QED) is 0.350. The Labute approximate surface area is 222 Å². The molecule has 194 valence electrons. The Morgan fingerprint density at radius 3 is 2.13 bits per heavy atom. The average Bonchev–Trinajstić information content (AvgIpc) is 2.95. The number of nitrogens with two attached hydrogens (primary N) is 1. The standard InChI is InChI=1S/C30H31N5O3/c1-30(28(36)37,23-8-4-2-5-9-23)21-22-12-14-25(15-13-22)38-27-20-26(32-29(31)33-27)35-18-16-34(17-19-35)24-10-6-3-7-11-24/h2-15,20H,16-19,21H2,1H3,(H,36,37)(H2,31,32,33). The SMILES string of the molecule is CC(Cc1ccc(Oc2cc(N3CCN(c4ccccc4)CC3)nc(N)n2)cc1)(C(=O)O)c1ccccc1. The van der Waals surface area contributed by atoms with Gasteiger partial charge in [0.1, 0.15) is 11.6 Å². The van der Waals surface area contributed by atoms with E-state index in [4.69, 9.17) is 10.5 Å². The molecule has 1 atom stereocenters. The molecule has 1 aliphatic heterocycles. The fraction of sp³-hybridized carbons (Fsp3) is 0.233. The zero-order chi connectivity index (χ0) is 26.5. The smallest absolute Gasteiger partial charge is 0.314 e. The van der Waals surface area contributed by atoms with Gasteiger partial charge in [-0.1, -0.05) is 60.7 Å². The van der Waals surface area contributed by atoms with Gasteiger partial charge in [0.2, 0.25) is 11.8 Å². The fourth-order valence-corrected chi connectivity index (χ4v) is 4.79. The predicted octanol–water partition coefficient (Wildman–Crippen LogP) is 4.76. The number of carbonyl (C=O) groups is 1. The molecule has 0 amide bonds. The van der Waals surface area contributed by atoms with Crippen molar-refractivity contribution in [3.05, 3.63) is 102 Å². The Kier molecular flexibility index (Phi) is 7.13. The number of hydrogen-bond donors (Lipinski definition) is 2. The number of piperazine rings is 1. The van der Waals surface area contributed by atoms with E-state index in [1.54, 1.807) is 13.0 Å². The van der Waals surface area contributed by atoms with Crippen molar-refractivity contribution in [1.82, 2.24) is 9.97 Å². The summed E-state index contributed by atoms with van der Waals surface area (Å²) in [6.07, 6.45) is 0.353. The second-order valence-corrected chi connectivity index (χ2v) is 9.66. The van der Waals surface area contributed by atoms with Crippen molar-refractivity contribution >= 4 is 23.4 Å². The van der Waals surface area contributed by atoms with Gasteiger partial charge in [-0.05, 0) is 48.7 Å². The summed E-state index contributed by atoms with van der Waals surface area (Å²) in [5.41, 5.74) is 7.86. The number of aromatic nitrogens is 2. The monoisotopic (exact) mass is 509 g/mol. The number of aliphatic carboxylic acids is 1. The first-order valence-electron chi connectivity index (χ1n) is 12.7. The van der Waals surface area contributed by atoms with Gasteiger partial charge in [-0.25, -0.2) is 0 Å². The van der Waals surface area contributed by atoms with E-state index in [2.05, 4.69) is 44.0 Å². The highest BCUT2D eigenvalue weighted by Crippen LogP contribution is 2.31. The van der Waals surface area contributed by atoms with Crippen molar-refractivity contribution in [2.75, 3.05) is 41.7 Å². The molecule has 3 aromatic carbocycles. The number of benzene rings is 3. The summed E-state index contributed by atoms with van der Waals surface area (Å²) < 4.78 is 6.01. The summed E-state index contributed by atoms with van der Waals surface area (Å²) in [6, 6.07) is 28.9. The molecule has 0 radical (unpaired) electrons. The summed E-state index contributed by atoms with van der Waals surface area (Å²) >= 11 is 0. The Morgan fingerprint density at radius 1 is 0.895 bits per heavy atom. The molecule has 0 spiro atoms. The second-order valence-electron chi connectivity index (χ2n) is 9.66. The van der Waals surface area contributed by atoms with Gasteiger partial charge in [0.25, 0.3) is 0 Å². The van der Waals surface area contributed by atoms with Crippen molar-refractivity contribution in [1.29, 1.82) is 0 Å². The lowest BCUT2D eigenvalue weighted by atomic mass is 9.77. The average molecular weight is 510 g/mol. The van der Waals surface area contributed by atoms with E-state index in [1.165, 1.54) is 5.69 Å². The third-order valence-electron chi connectivity index (χ3n) is 7.02. The Balaban J connectivity index is 1.26. The van der Waals surface area contributed by atoms with E-state index in [1.807, 2.05) is 60.7 Å². The Bertz CT molecular complexity index is 1370. The number of carboxylic acids is 1. The largest absolute Gasteiger partial charge is 0.481 e. The van der Waals surface area contributed by atoms with Crippen LogP contribution in [0.2, 0.25) is 0 Å². The number of nitrogen functional groups attached to an aromatic ring is 1. The van der Waals surface area contributed by atoms with Gasteiger partial charge < -0.3 is 25.4 Å². The highest BCUT2D eigenvalue weighted by Gasteiger charge is 2.35. The summed E-state index contributed by atoms with van der Waals surface area (Å²) in [5.74, 6) is 0.975. The van der Waals surface area contributed by atoms with Crippen LogP contribution in [-0.4, -0.2) is 47.2 Å². The van der Waals surface area contributed by atoms with Gasteiger partial charge in [0.15, 0.2) is 0 Å². The van der Waals surface area contributed by atoms with Crippen LogP contribution >= 0.6 is 0 Å². The van der Waals surface area contributed by atoms with E-state index in [0.29, 0.717) is 18.1 Å². The fourth-order valence-electron chi connectivity index (χ4n) is 4.79. The molecule has 0 saturated carbocycles. The van der Waals surface area contributed by atoms with Crippen molar-refractivity contribution < 1.29 is 14.6 Å². The molecule has 4 aromatic rings. The maximum atomic E-state index is 12.2. The number of nitrogens with zero attached hydrogens (tertiary/aromatic N) is 4. The number of para-hydroxylation sites is 1. The molecule has 1 aromatic heterocycles. The Morgan fingerprint density at radius 2 is 1.50 bits per heavy atom. The molecule has 1 saturated heterocycles. The summed E-state index contributed by atoms with van der Waals surface area (Å²) in [6.45, 7) is 5.13. The molecule has 8 heteroatoms. The van der Waals surface area contributed by atoms with Gasteiger partial charge in [0.05, 0.1) is 5.41 Å². The lowest BCUT2D eigenvalue weighted by molar-refractivity contribution is -0.143. The highest BCUT2D eigenvalue weighted by molar-refractivity contribution is 5.81. The molecule has 3 N–H and O–H groups in total. The van der Waals surface area contributed by atoms with Crippen molar-refractivity contribution in [3.63, 3.8) is 0 Å². The van der Waals surface area contributed by atoms with Crippen LogP contribution in [0.25, 0.3) is 0 Å². The molecule has 8 nitrogen and oxygen atoms in total. The minimum absolute atomic E-state index is 0.152. The second kappa shape index (κ2) is 10.8. The van der Waals surface area contributed by atoms with Crippen molar-refractivity contribution in [2.24, 2.45) is 0 Å². The topological polar surface area (TPSA) is 105 Å². The molecule has 1 aliphatic rings. The zero-order valence-electron chi connectivity index (χ0n) is 21.3. The van der Waals surface area contributed by atoms with E-state index >= 15 is 0 Å². The third-order valence-corrected chi connectivity index (χ3v) is 7.02. The van der Waals surface area contributed by atoms with Gasteiger partial charge in [-0.3, -0.25) is 4.79 Å². The number of anilines is 3. The number of ether oxygens (including phenoxy) is 1. The number of hydrogen-bond acceptors (Lipinski definition) is 7. The molecular formula is C30H31N5O3. The lowest BCUT2D eigenvalue weighted by Gasteiger charge is -2.36. The van der Waals surface area contributed by atoms with Crippen LogP contribution in [0.15, 0.2) is 91.0 Å². The molecule has 0 bridgehead atoms. The van der Waals surface area contributed by atoms with E-state index in [0.717, 1.165) is 43.1 Å². The van der Waals surface area contributed by atoms with Crippen LogP contribution in [0.1, 0.15) is 18.1 Å². The van der Waals surface area contributed by atoms with E-state index in [9.17, 15) is 9.90 Å². The molecule has 1 fully saturated rings. The molecule has 1 unspecified atom stereocenters. The van der Waals surface area contributed by atoms with Crippen LogP contribution in [0.5, 0.6) is 11.6 Å². The first-order valence-corrected chi connectivity index (χ1v) is 12.7. The van der Waals surface area contributed by atoms with Gasteiger partial charge in [0, 0.05) is 37.9 Å². The van der Waals surface area contributed by atoms with Crippen LogP contribution in [0, 0.1) is 0 Å². The zero-order valence-corrected chi connectivity index (χ0v) is 21.3. The number of carboxylic acid groups (broad SMARTS) is 1. The highest BCUT2D eigenvalue weighted by atomic mass is 16.5. The first-order chi connectivity index (χ1) is 18.4. The number of rotatable bonds is 8.